The Morgan fingerprint density at radius 1 is 0.906 bits per heavy atom. The van der Waals surface area contributed by atoms with Crippen LogP contribution in [0, 0.1) is 0 Å². The number of hydrogen-bond acceptors (Lipinski definition) is 5. The number of nitrogens with one attached hydrogen (secondary N) is 1. The van der Waals surface area contributed by atoms with Crippen molar-refractivity contribution in [1.82, 2.24) is 4.72 Å². The number of hydrogen-bond donors (Lipinski definition) is 1. The molecule has 0 amide bonds. The third kappa shape index (κ3) is 6.02. The van der Waals surface area contributed by atoms with Crippen molar-refractivity contribution < 1.29 is 22.7 Å². The largest absolute Gasteiger partial charge is 0.457 e. The first-order chi connectivity index (χ1) is 15.1. The number of benzene rings is 3. The van der Waals surface area contributed by atoms with Crippen LogP contribution in [0.25, 0.3) is 10.8 Å². The van der Waals surface area contributed by atoms with Crippen molar-refractivity contribution in [1.29, 1.82) is 0 Å². The van der Waals surface area contributed by atoms with E-state index < -0.39 is 16.0 Å². The van der Waals surface area contributed by atoms with Crippen LogP contribution in [0.2, 0.25) is 0 Å². The van der Waals surface area contributed by atoms with E-state index in [4.69, 9.17) is 4.74 Å². The van der Waals surface area contributed by atoms with Crippen LogP contribution in [-0.4, -0.2) is 33.3 Å². The van der Waals surface area contributed by atoms with Gasteiger partial charge in [0.25, 0.3) is 0 Å². The molecule has 32 heavy (non-hydrogen) atoms. The molecule has 0 radical (unpaired) electrons. The number of esters is 1. The minimum atomic E-state index is -3.76. The van der Waals surface area contributed by atoms with Gasteiger partial charge >= 0.3 is 5.97 Å². The van der Waals surface area contributed by atoms with Gasteiger partial charge in [0.1, 0.15) is 0 Å². The molecule has 0 heterocycles. The first kappa shape index (κ1) is 23.6. The number of fused-ring (bicyclic) bond motifs is 1. The van der Waals surface area contributed by atoms with E-state index in [-0.39, 0.29) is 35.7 Å². The highest BCUT2D eigenvalue weighted by atomic mass is 32.2. The third-order valence-electron chi connectivity index (χ3n) is 5.09. The number of Topliss-reactive ketones (excluding diaryl/α,β-unsaturated/α-hetero) is 1. The normalized spacial score (nSPS) is 12.0. The van der Waals surface area contributed by atoms with Gasteiger partial charge in [0.05, 0.1) is 11.3 Å². The maximum Gasteiger partial charge on any atom is 0.307 e. The molecule has 0 aliphatic carbocycles. The maximum atomic E-state index is 12.5. The van der Waals surface area contributed by atoms with E-state index in [0.717, 1.165) is 16.3 Å². The van der Waals surface area contributed by atoms with Crippen molar-refractivity contribution in [3.8, 4) is 0 Å². The fourth-order valence-electron chi connectivity index (χ4n) is 3.16. The predicted octanol–water partition coefficient (Wildman–Crippen LogP) is 4.23. The Labute approximate surface area is 188 Å². The number of carbonyl (C=O) groups excluding carboxylic acids is 2. The van der Waals surface area contributed by atoms with E-state index in [1.165, 1.54) is 6.07 Å². The molecular weight excluding hydrogens is 426 g/mol. The SMILES string of the molecule is CC(C)(C)c1ccc(C(=O)COC(=O)CCNS(=O)(=O)c2ccc3ccccc3c2)cc1. The Hall–Kier alpha value is -3.03. The van der Waals surface area contributed by atoms with Gasteiger partial charge in [-0.2, -0.15) is 0 Å². The first-order valence-corrected chi connectivity index (χ1v) is 11.8. The summed E-state index contributed by atoms with van der Waals surface area (Å²) in [6, 6.07) is 19.5. The Balaban J connectivity index is 1.48. The van der Waals surface area contributed by atoms with Crippen LogP contribution in [0.4, 0.5) is 0 Å². The molecule has 6 nitrogen and oxygen atoms in total. The number of ether oxygens (including phenoxy) is 1. The summed E-state index contributed by atoms with van der Waals surface area (Å²) in [5.74, 6) is -0.957. The van der Waals surface area contributed by atoms with Gasteiger partial charge in [-0.25, -0.2) is 13.1 Å². The van der Waals surface area contributed by atoms with Gasteiger partial charge in [0.15, 0.2) is 12.4 Å². The zero-order valence-electron chi connectivity index (χ0n) is 18.4. The van der Waals surface area contributed by atoms with Crippen LogP contribution in [0.15, 0.2) is 71.6 Å². The van der Waals surface area contributed by atoms with Gasteiger partial charge in [-0.05, 0) is 33.9 Å². The average Bonchev–Trinajstić information content (AvgIpc) is 2.76. The quantitative estimate of drug-likeness (QED) is 0.407. The van der Waals surface area contributed by atoms with E-state index >= 15 is 0 Å². The lowest BCUT2D eigenvalue weighted by molar-refractivity contribution is -0.142. The van der Waals surface area contributed by atoms with Gasteiger partial charge in [-0.1, -0.05) is 75.4 Å². The monoisotopic (exact) mass is 453 g/mol. The highest BCUT2D eigenvalue weighted by molar-refractivity contribution is 7.89. The molecule has 0 bridgehead atoms. The second kappa shape index (κ2) is 9.63. The summed E-state index contributed by atoms with van der Waals surface area (Å²) < 4.78 is 32.4. The lowest BCUT2D eigenvalue weighted by Crippen LogP contribution is -2.27. The molecule has 0 atom stereocenters. The van der Waals surface area contributed by atoms with Crippen molar-refractivity contribution in [2.24, 2.45) is 0 Å². The van der Waals surface area contributed by atoms with Crippen LogP contribution in [0.3, 0.4) is 0 Å². The van der Waals surface area contributed by atoms with Crippen LogP contribution >= 0.6 is 0 Å². The Kier molecular flexibility index (Phi) is 7.11. The number of ketones is 1. The summed E-state index contributed by atoms with van der Waals surface area (Å²) >= 11 is 0. The van der Waals surface area contributed by atoms with Gasteiger partial charge < -0.3 is 4.74 Å². The minimum absolute atomic E-state index is 0.0196. The zero-order chi connectivity index (χ0) is 23.4. The molecule has 3 aromatic rings. The molecular formula is C25H27NO5S. The maximum absolute atomic E-state index is 12.5. The molecule has 0 fully saturated rings. The van der Waals surface area contributed by atoms with Crippen molar-refractivity contribution in [2.75, 3.05) is 13.2 Å². The average molecular weight is 454 g/mol. The minimum Gasteiger partial charge on any atom is -0.457 e. The molecule has 1 N–H and O–H groups in total. The van der Waals surface area contributed by atoms with Crippen LogP contribution in [0.5, 0.6) is 0 Å². The number of rotatable bonds is 8. The van der Waals surface area contributed by atoms with Gasteiger partial charge in [0, 0.05) is 12.1 Å². The predicted molar refractivity (Wildman–Crippen MR) is 124 cm³/mol. The summed E-state index contributed by atoms with van der Waals surface area (Å²) in [6.07, 6.45) is -0.178. The molecule has 3 rings (SSSR count). The summed E-state index contributed by atoms with van der Waals surface area (Å²) in [7, 11) is -3.76. The molecule has 0 aliphatic rings. The first-order valence-electron chi connectivity index (χ1n) is 10.3. The van der Waals surface area contributed by atoms with Gasteiger partial charge in [0.2, 0.25) is 10.0 Å². The van der Waals surface area contributed by atoms with Crippen molar-refractivity contribution >= 4 is 32.5 Å². The summed E-state index contributed by atoms with van der Waals surface area (Å²) in [4.78, 5) is 24.3. The molecule has 0 saturated carbocycles. The second-order valence-electron chi connectivity index (χ2n) is 8.57. The fourth-order valence-corrected chi connectivity index (χ4v) is 4.23. The lowest BCUT2D eigenvalue weighted by Gasteiger charge is -2.18. The number of sulfonamides is 1. The molecule has 7 heteroatoms. The van der Waals surface area contributed by atoms with Crippen molar-refractivity contribution in [3.05, 3.63) is 77.9 Å². The molecule has 0 spiro atoms. The molecule has 0 saturated heterocycles. The topological polar surface area (TPSA) is 89.5 Å². The van der Waals surface area contributed by atoms with E-state index in [9.17, 15) is 18.0 Å². The molecule has 168 valence electrons. The zero-order valence-corrected chi connectivity index (χ0v) is 19.2. The van der Waals surface area contributed by atoms with Crippen molar-refractivity contribution in [3.63, 3.8) is 0 Å². The fraction of sp³-hybridized carbons (Fsp3) is 0.280. The highest BCUT2D eigenvalue weighted by Gasteiger charge is 2.17. The molecule has 0 aliphatic heterocycles. The van der Waals surface area contributed by atoms with E-state index in [0.29, 0.717) is 5.56 Å². The van der Waals surface area contributed by atoms with Crippen LogP contribution < -0.4 is 4.72 Å². The van der Waals surface area contributed by atoms with E-state index in [2.05, 4.69) is 25.5 Å². The second-order valence-corrected chi connectivity index (χ2v) is 10.3. The molecule has 0 unspecified atom stereocenters. The smallest absolute Gasteiger partial charge is 0.307 e. The third-order valence-corrected chi connectivity index (χ3v) is 6.55. The lowest BCUT2D eigenvalue weighted by atomic mass is 9.86. The van der Waals surface area contributed by atoms with Gasteiger partial charge in [-0.15, -0.1) is 0 Å². The number of carbonyl (C=O) groups is 2. The van der Waals surface area contributed by atoms with Crippen LogP contribution in [0.1, 0.15) is 43.1 Å². The van der Waals surface area contributed by atoms with Gasteiger partial charge in [-0.3, -0.25) is 9.59 Å². The Morgan fingerprint density at radius 3 is 2.22 bits per heavy atom. The summed E-state index contributed by atoms with van der Waals surface area (Å²) in [5, 5.41) is 1.75. The molecule has 0 aromatic heterocycles. The molecule has 3 aromatic carbocycles. The standard InChI is InChI=1S/C25H27NO5S/c1-25(2,3)21-11-8-19(9-12-21)23(27)17-31-24(28)14-15-26-32(29,30)22-13-10-18-6-4-5-7-20(18)16-22/h4-13,16,26H,14-15,17H2,1-3H3. The highest BCUT2D eigenvalue weighted by Crippen LogP contribution is 2.22. The Bertz CT molecular complexity index is 1230. The summed E-state index contributed by atoms with van der Waals surface area (Å²) in [5.41, 5.74) is 1.54. The Morgan fingerprint density at radius 2 is 1.56 bits per heavy atom. The van der Waals surface area contributed by atoms with E-state index in [1.807, 2.05) is 36.4 Å². The van der Waals surface area contributed by atoms with Crippen LogP contribution in [-0.2, 0) is 25.0 Å². The summed E-state index contributed by atoms with van der Waals surface area (Å²) in [6.45, 7) is 5.74. The van der Waals surface area contributed by atoms with Crippen molar-refractivity contribution in [2.45, 2.75) is 37.5 Å². The van der Waals surface area contributed by atoms with E-state index in [1.54, 1.807) is 24.3 Å².